The summed E-state index contributed by atoms with van der Waals surface area (Å²) in [5.41, 5.74) is 0.670. The van der Waals surface area contributed by atoms with Gasteiger partial charge in [-0.1, -0.05) is 19.9 Å². The van der Waals surface area contributed by atoms with Crippen LogP contribution >= 0.6 is 0 Å². The van der Waals surface area contributed by atoms with E-state index in [1.807, 2.05) is 18.2 Å². The summed E-state index contributed by atoms with van der Waals surface area (Å²) in [6.45, 7) is 6.12. The predicted octanol–water partition coefficient (Wildman–Crippen LogP) is 2.05. The number of aryl methyl sites for hydroxylation is 1. The molecule has 0 saturated carbocycles. The quantitative estimate of drug-likeness (QED) is 0.803. The van der Waals surface area contributed by atoms with E-state index in [4.69, 9.17) is 0 Å². The van der Waals surface area contributed by atoms with Gasteiger partial charge in [-0.15, -0.1) is 5.10 Å². The molecule has 110 valence electrons. The van der Waals surface area contributed by atoms with E-state index in [9.17, 15) is 4.79 Å². The van der Waals surface area contributed by atoms with Gasteiger partial charge in [-0.3, -0.25) is 4.40 Å². The molecular weight excluding hydrogens is 252 g/mol. The first-order valence-electron chi connectivity index (χ1n) is 7.53. The van der Waals surface area contributed by atoms with Crippen LogP contribution in [-0.4, -0.2) is 26.8 Å². The van der Waals surface area contributed by atoms with E-state index in [1.54, 1.807) is 15.3 Å². The largest absolute Gasteiger partial charge is 0.350 e. The Morgan fingerprint density at radius 1 is 1.35 bits per heavy atom. The molecule has 0 saturated heterocycles. The number of pyridine rings is 1. The van der Waals surface area contributed by atoms with E-state index in [2.05, 4.69) is 24.3 Å². The van der Waals surface area contributed by atoms with Crippen molar-refractivity contribution >= 4 is 5.65 Å². The molecule has 0 bridgehead atoms. The number of nitrogens with zero attached hydrogens (tertiary/aromatic N) is 3. The first kappa shape index (κ1) is 14.8. The summed E-state index contributed by atoms with van der Waals surface area (Å²) in [5, 5.41) is 7.88. The molecular formula is C15H24N4O. The van der Waals surface area contributed by atoms with Crippen LogP contribution in [0.4, 0.5) is 0 Å². The van der Waals surface area contributed by atoms with E-state index in [-0.39, 0.29) is 5.69 Å². The molecule has 0 aliphatic carbocycles. The third-order valence-corrected chi connectivity index (χ3v) is 3.59. The van der Waals surface area contributed by atoms with Gasteiger partial charge in [0.1, 0.15) is 0 Å². The van der Waals surface area contributed by atoms with Crippen molar-refractivity contribution in [3.05, 3.63) is 34.9 Å². The van der Waals surface area contributed by atoms with Crippen LogP contribution in [0.5, 0.6) is 0 Å². The van der Waals surface area contributed by atoms with Crippen molar-refractivity contribution in [3.8, 4) is 0 Å². The SMILES string of the molecule is CCCNC(CC)CCCn1nc2ccccn2c1=O. The van der Waals surface area contributed by atoms with Crippen LogP contribution in [0.25, 0.3) is 5.65 Å². The molecule has 0 amide bonds. The first-order chi connectivity index (χ1) is 9.76. The molecule has 0 fully saturated rings. The number of hydrogen-bond acceptors (Lipinski definition) is 3. The molecule has 1 N–H and O–H groups in total. The third-order valence-electron chi connectivity index (χ3n) is 3.59. The van der Waals surface area contributed by atoms with Gasteiger partial charge in [-0.25, -0.2) is 9.48 Å². The minimum Gasteiger partial charge on any atom is -0.314 e. The summed E-state index contributed by atoms with van der Waals surface area (Å²) in [6, 6.07) is 6.15. The lowest BCUT2D eigenvalue weighted by Crippen LogP contribution is -2.30. The molecule has 20 heavy (non-hydrogen) atoms. The number of aromatic nitrogens is 3. The fourth-order valence-corrected chi connectivity index (χ4v) is 2.40. The van der Waals surface area contributed by atoms with Crippen LogP contribution in [-0.2, 0) is 6.54 Å². The summed E-state index contributed by atoms with van der Waals surface area (Å²) in [6.07, 6.45) is 6.09. The van der Waals surface area contributed by atoms with Crippen molar-refractivity contribution in [1.29, 1.82) is 0 Å². The predicted molar refractivity (Wildman–Crippen MR) is 81.1 cm³/mol. The highest BCUT2D eigenvalue weighted by molar-refractivity contribution is 5.35. The Balaban J connectivity index is 1.92. The molecule has 0 radical (unpaired) electrons. The lowest BCUT2D eigenvalue weighted by Gasteiger charge is -2.15. The van der Waals surface area contributed by atoms with Gasteiger partial charge in [0.2, 0.25) is 0 Å². The van der Waals surface area contributed by atoms with E-state index >= 15 is 0 Å². The van der Waals surface area contributed by atoms with Crippen molar-refractivity contribution in [3.63, 3.8) is 0 Å². The van der Waals surface area contributed by atoms with Crippen LogP contribution in [0.2, 0.25) is 0 Å². The maximum absolute atomic E-state index is 12.1. The Morgan fingerprint density at radius 3 is 2.90 bits per heavy atom. The van der Waals surface area contributed by atoms with E-state index in [0.717, 1.165) is 32.2 Å². The highest BCUT2D eigenvalue weighted by Gasteiger charge is 2.08. The molecule has 2 rings (SSSR count). The highest BCUT2D eigenvalue weighted by atomic mass is 16.2. The molecule has 0 spiro atoms. The molecule has 5 nitrogen and oxygen atoms in total. The van der Waals surface area contributed by atoms with E-state index < -0.39 is 0 Å². The standard InChI is InChI=1S/C15H24N4O/c1-3-10-16-13(4-2)8-7-12-19-15(20)18-11-6-5-9-14(18)17-19/h5-6,9,11,13,16H,3-4,7-8,10,12H2,1-2H3. The van der Waals surface area contributed by atoms with Crippen LogP contribution in [0.3, 0.4) is 0 Å². The average molecular weight is 276 g/mol. The zero-order valence-electron chi connectivity index (χ0n) is 12.4. The monoisotopic (exact) mass is 276 g/mol. The van der Waals surface area contributed by atoms with Crippen molar-refractivity contribution in [2.24, 2.45) is 0 Å². The summed E-state index contributed by atoms with van der Waals surface area (Å²) in [5.74, 6) is 0. The number of rotatable bonds is 8. The first-order valence-corrected chi connectivity index (χ1v) is 7.53. The summed E-state index contributed by atoms with van der Waals surface area (Å²) in [7, 11) is 0. The zero-order valence-corrected chi connectivity index (χ0v) is 12.4. The minimum absolute atomic E-state index is 0.0461. The zero-order chi connectivity index (χ0) is 14.4. The van der Waals surface area contributed by atoms with Gasteiger partial charge in [0, 0.05) is 18.8 Å². The minimum atomic E-state index is -0.0461. The van der Waals surface area contributed by atoms with Crippen molar-refractivity contribution in [2.75, 3.05) is 6.54 Å². The Morgan fingerprint density at radius 2 is 2.20 bits per heavy atom. The molecule has 2 heterocycles. The maximum Gasteiger partial charge on any atom is 0.350 e. The van der Waals surface area contributed by atoms with Gasteiger partial charge >= 0.3 is 5.69 Å². The van der Waals surface area contributed by atoms with E-state index in [0.29, 0.717) is 18.2 Å². The fourth-order valence-electron chi connectivity index (χ4n) is 2.40. The molecule has 2 aromatic heterocycles. The molecule has 1 atom stereocenters. The van der Waals surface area contributed by atoms with E-state index in [1.165, 1.54) is 0 Å². The van der Waals surface area contributed by atoms with Gasteiger partial charge in [-0.05, 0) is 44.4 Å². The maximum atomic E-state index is 12.1. The summed E-state index contributed by atoms with van der Waals surface area (Å²) < 4.78 is 3.16. The van der Waals surface area contributed by atoms with Crippen LogP contribution in [0, 0.1) is 0 Å². The fraction of sp³-hybridized carbons (Fsp3) is 0.600. The second-order valence-electron chi connectivity index (χ2n) is 5.14. The topological polar surface area (TPSA) is 51.3 Å². The Hall–Kier alpha value is -1.62. The third kappa shape index (κ3) is 3.48. The molecule has 1 unspecified atom stereocenters. The van der Waals surface area contributed by atoms with Crippen molar-refractivity contribution in [1.82, 2.24) is 19.5 Å². The van der Waals surface area contributed by atoms with Crippen molar-refractivity contribution in [2.45, 2.75) is 52.1 Å². The van der Waals surface area contributed by atoms with Crippen LogP contribution in [0.1, 0.15) is 39.5 Å². The Bertz CT molecular complexity index is 587. The Labute approximate surface area is 119 Å². The summed E-state index contributed by atoms with van der Waals surface area (Å²) >= 11 is 0. The number of hydrogen-bond donors (Lipinski definition) is 1. The van der Waals surface area contributed by atoms with Gasteiger partial charge in [0.15, 0.2) is 5.65 Å². The second-order valence-corrected chi connectivity index (χ2v) is 5.14. The number of nitrogens with one attached hydrogen (secondary N) is 1. The molecule has 5 heteroatoms. The smallest absolute Gasteiger partial charge is 0.314 e. The normalized spacial score (nSPS) is 12.9. The van der Waals surface area contributed by atoms with Crippen LogP contribution < -0.4 is 11.0 Å². The average Bonchev–Trinajstić information content (AvgIpc) is 2.80. The number of fused-ring (bicyclic) bond motifs is 1. The lowest BCUT2D eigenvalue weighted by molar-refractivity contribution is 0.428. The molecule has 2 aromatic rings. The molecule has 0 aliphatic heterocycles. The second kappa shape index (κ2) is 7.24. The lowest BCUT2D eigenvalue weighted by atomic mass is 10.1. The highest BCUT2D eigenvalue weighted by Crippen LogP contribution is 2.03. The summed E-state index contributed by atoms with van der Waals surface area (Å²) in [4.78, 5) is 12.1. The van der Waals surface area contributed by atoms with Gasteiger partial charge < -0.3 is 5.32 Å². The molecule has 0 aliphatic rings. The Kier molecular flexibility index (Phi) is 5.35. The van der Waals surface area contributed by atoms with Gasteiger partial charge in [0.25, 0.3) is 0 Å². The van der Waals surface area contributed by atoms with Gasteiger partial charge in [0.05, 0.1) is 0 Å². The molecule has 0 aromatic carbocycles. The van der Waals surface area contributed by atoms with Gasteiger partial charge in [-0.2, -0.15) is 0 Å². The van der Waals surface area contributed by atoms with Crippen molar-refractivity contribution < 1.29 is 0 Å². The van der Waals surface area contributed by atoms with Crippen LogP contribution in [0.15, 0.2) is 29.2 Å².